The van der Waals surface area contributed by atoms with Crippen LogP contribution in [0.1, 0.15) is 57.9 Å². The van der Waals surface area contributed by atoms with Crippen molar-refractivity contribution in [1.82, 2.24) is 25.1 Å². The van der Waals surface area contributed by atoms with Crippen LogP contribution in [-0.4, -0.2) is 57.9 Å². The molecule has 4 heterocycles. The van der Waals surface area contributed by atoms with Gasteiger partial charge in [0.05, 0.1) is 17.3 Å². The Bertz CT molecular complexity index is 1180. The van der Waals surface area contributed by atoms with Gasteiger partial charge in [-0.2, -0.15) is 5.10 Å². The molecule has 0 unspecified atom stereocenters. The van der Waals surface area contributed by atoms with E-state index >= 15 is 0 Å². The van der Waals surface area contributed by atoms with Crippen molar-refractivity contribution in [2.24, 2.45) is 0 Å². The maximum absolute atomic E-state index is 12.9. The van der Waals surface area contributed by atoms with Crippen molar-refractivity contribution in [1.29, 1.82) is 0 Å². The molecular formula is C25H27N5O3. The van der Waals surface area contributed by atoms with Crippen molar-refractivity contribution in [2.75, 3.05) is 19.6 Å². The van der Waals surface area contributed by atoms with Crippen LogP contribution in [0, 0.1) is 0 Å². The normalized spacial score (nSPS) is 19.3. The van der Waals surface area contributed by atoms with Crippen LogP contribution in [0.2, 0.25) is 0 Å². The first kappa shape index (κ1) is 21.2. The van der Waals surface area contributed by atoms with Gasteiger partial charge in [0.15, 0.2) is 0 Å². The summed E-state index contributed by atoms with van der Waals surface area (Å²) in [5, 5.41) is 9.95. The summed E-state index contributed by atoms with van der Waals surface area (Å²) in [7, 11) is 0. The predicted octanol–water partition coefficient (Wildman–Crippen LogP) is 2.36. The predicted molar refractivity (Wildman–Crippen MR) is 123 cm³/mol. The van der Waals surface area contributed by atoms with E-state index in [0.717, 1.165) is 35.9 Å². The van der Waals surface area contributed by atoms with E-state index < -0.39 is 6.04 Å². The number of aromatic nitrogens is 2. The molecule has 5 rings (SSSR count). The lowest BCUT2D eigenvalue weighted by molar-refractivity contribution is -0.124. The fraction of sp³-hybridized carbons (Fsp3) is 0.360. The first-order valence-corrected chi connectivity index (χ1v) is 11.5. The average molecular weight is 446 g/mol. The van der Waals surface area contributed by atoms with Gasteiger partial charge in [0, 0.05) is 31.4 Å². The first-order valence-electron chi connectivity index (χ1n) is 11.5. The highest BCUT2D eigenvalue weighted by Gasteiger charge is 2.27. The maximum atomic E-state index is 12.9. The van der Waals surface area contributed by atoms with Crippen LogP contribution < -0.4 is 10.6 Å². The Morgan fingerprint density at radius 1 is 1.06 bits per heavy atom. The molecule has 0 radical (unpaired) electrons. The van der Waals surface area contributed by atoms with Crippen molar-refractivity contribution in [3.63, 3.8) is 0 Å². The summed E-state index contributed by atoms with van der Waals surface area (Å²) in [6, 6.07) is 12.9. The molecule has 1 atom stereocenters. The molecule has 8 heteroatoms. The fourth-order valence-electron chi connectivity index (χ4n) is 4.75. The quantitative estimate of drug-likeness (QED) is 0.645. The minimum absolute atomic E-state index is 0.0750. The number of hydrogen-bond acceptors (Lipinski definition) is 4. The van der Waals surface area contributed by atoms with Gasteiger partial charge in [0.1, 0.15) is 6.04 Å². The Balaban J connectivity index is 1.28. The van der Waals surface area contributed by atoms with Crippen LogP contribution in [0.4, 0.5) is 0 Å². The molecule has 8 nitrogen and oxygen atoms in total. The van der Waals surface area contributed by atoms with Gasteiger partial charge in [0.25, 0.3) is 11.8 Å². The second kappa shape index (κ2) is 9.05. The molecule has 2 fully saturated rings. The zero-order chi connectivity index (χ0) is 22.8. The summed E-state index contributed by atoms with van der Waals surface area (Å²) in [4.78, 5) is 39.5. The highest BCUT2D eigenvalue weighted by atomic mass is 16.2. The monoisotopic (exact) mass is 445 g/mol. The number of piperidine rings is 2. The number of likely N-dealkylation sites (tertiary alicyclic amines) is 1. The standard InChI is InChI=1S/C25H27N5O3/c31-23(28-21-7-4-11-26-24(21)32)20-16-27-30-14-10-19(15-22(20)30)17-8-12-29(13-9-17)25(33)18-5-2-1-3-6-18/h1-3,5-6,10,14-17,21H,4,7-9,11-13H2,(H,26,32)(H,28,31)/t21-/m1/s1. The molecule has 170 valence electrons. The molecule has 2 N–H and O–H groups in total. The van der Waals surface area contributed by atoms with E-state index in [0.29, 0.717) is 37.5 Å². The van der Waals surface area contributed by atoms with E-state index in [1.807, 2.05) is 53.6 Å². The molecule has 0 aliphatic carbocycles. The maximum Gasteiger partial charge on any atom is 0.255 e. The lowest BCUT2D eigenvalue weighted by Gasteiger charge is -2.32. The van der Waals surface area contributed by atoms with Crippen LogP contribution in [0.15, 0.2) is 54.9 Å². The zero-order valence-electron chi connectivity index (χ0n) is 18.4. The largest absolute Gasteiger partial charge is 0.354 e. The number of amides is 3. The third-order valence-corrected chi connectivity index (χ3v) is 6.66. The number of hydrogen-bond donors (Lipinski definition) is 2. The van der Waals surface area contributed by atoms with E-state index in [4.69, 9.17) is 0 Å². The average Bonchev–Trinajstić information content (AvgIpc) is 3.29. The second-order valence-electron chi connectivity index (χ2n) is 8.74. The van der Waals surface area contributed by atoms with Gasteiger partial charge in [-0.05, 0) is 61.4 Å². The lowest BCUT2D eigenvalue weighted by Crippen LogP contribution is -2.50. The lowest BCUT2D eigenvalue weighted by atomic mass is 9.89. The Kier molecular flexibility index (Phi) is 5.81. The van der Waals surface area contributed by atoms with Gasteiger partial charge >= 0.3 is 0 Å². The number of nitrogens with one attached hydrogen (secondary N) is 2. The van der Waals surface area contributed by atoms with E-state index in [-0.39, 0.29) is 17.7 Å². The number of pyridine rings is 1. The highest BCUT2D eigenvalue weighted by Crippen LogP contribution is 2.30. The summed E-state index contributed by atoms with van der Waals surface area (Å²) in [6.07, 6.45) is 6.65. The van der Waals surface area contributed by atoms with Crippen LogP contribution >= 0.6 is 0 Å². The van der Waals surface area contributed by atoms with Gasteiger partial charge in [0.2, 0.25) is 5.91 Å². The Morgan fingerprint density at radius 3 is 2.61 bits per heavy atom. The molecule has 0 bridgehead atoms. The van der Waals surface area contributed by atoms with Crippen LogP contribution in [0.25, 0.3) is 5.52 Å². The van der Waals surface area contributed by atoms with Crippen molar-refractivity contribution in [2.45, 2.75) is 37.6 Å². The van der Waals surface area contributed by atoms with Crippen LogP contribution in [0.3, 0.4) is 0 Å². The molecule has 2 aliphatic heterocycles. The third-order valence-electron chi connectivity index (χ3n) is 6.66. The number of carbonyl (C=O) groups excluding carboxylic acids is 3. The van der Waals surface area contributed by atoms with E-state index in [2.05, 4.69) is 15.7 Å². The molecule has 3 aromatic rings. The minimum Gasteiger partial charge on any atom is -0.354 e. The fourth-order valence-corrected chi connectivity index (χ4v) is 4.75. The third kappa shape index (κ3) is 4.33. The molecule has 3 amide bonds. The van der Waals surface area contributed by atoms with Gasteiger partial charge in [-0.1, -0.05) is 18.2 Å². The van der Waals surface area contributed by atoms with E-state index in [1.54, 1.807) is 10.7 Å². The molecule has 33 heavy (non-hydrogen) atoms. The number of benzene rings is 1. The second-order valence-corrected chi connectivity index (χ2v) is 8.74. The molecule has 1 aromatic carbocycles. The van der Waals surface area contributed by atoms with Crippen molar-refractivity contribution in [3.8, 4) is 0 Å². The van der Waals surface area contributed by atoms with Crippen molar-refractivity contribution in [3.05, 3.63) is 71.5 Å². The minimum atomic E-state index is -0.504. The summed E-state index contributed by atoms with van der Waals surface area (Å²) < 4.78 is 1.69. The zero-order valence-corrected chi connectivity index (χ0v) is 18.4. The molecular weight excluding hydrogens is 418 g/mol. The van der Waals surface area contributed by atoms with Gasteiger partial charge in [-0.25, -0.2) is 4.52 Å². The smallest absolute Gasteiger partial charge is 0.255 e. The number of fused-ring (bicyclic) bond motifs is 1. The summed E-state index contributed by atoms with van der Waals surface area (Å²) >= 11 is 0. The van der Waals surface area contributed by atoms with Gasteiger partial charge in [-0.3, -0.25) is 14.4 Å². The SMILES string of the molecule is O=C(N[C@@H]1CCCNC1=O)c1cnn2ccc(C3CCN(C(=O)c4ccccc4)CC3)cc12. The Hall–Kier alpha value is -3.68. The number of rotatable bonds is 4. The van der Waals surface area contributed by atoms with Crippen LogP contribution in [-0.2, 0) is 4.79 Å². The highest BCUT2D eigenvalue weighted by molar-refractivity contribution is 6.02. The van der Waals surface area contributed by atoms with Crippen molar-refractivity contribution >= 4 is 23.2 Å². The molecule has 0 saturated carbocycles. The number of carbonyl (C=O) groups is 3. The summed E-state index contributed by atoms with van der Waals surface area (Å²) in [6.45, 7) is 2.06. The van der Waals surface area contributed by atoms with Gasteiger partial charge < -0.3 is 15.5 Å². The topological polar surface area (TPSA) is 95.8 Å². The summed E-state index contributed by atoms with van der Waals surface area (Å²) in [5.41, 5.74) is 3.05. The van der Waals surface area contributed by atoms with E-state index in [9.17, 15) is 14.4 Å². The molecule has 2 saturated heterocycles. The van der Waals surface area contributed by atoms with Gasteiger partial charge in [-0.15, -0.1) is 0 Å². The van der Waals surface area contributed by atoms with E-state index in [1.165, 1.54) is 0 Å². The Morgan fingerprint density at radius 2 is 1.85 bits per heavy atom. The number of nitrogens with zero attached hydrogens (tertiary/aromatic N) is 3. The summed E-state index contributed by atoms with van der Waals surface area (Å²) in [5.74, 6) is -0.0354. The molecule has 0 spiro atoms. The van der Waals surface area contributed by atoms with Crippen LogP contribution in [0.5, 0.6) is 0 Å². The van der Waals surface area contributed by atoms with Crippen molar-refractivity contribution < 1.29 is 14.4 Å². The first-order chi connectivity index (χ1) is 16.1. The molecule has 2 aliphatic rings. The molecule has 2 aromatic heterocycles. The Labute approximate surface area is 192 Å².